The first-order valence-corrected chi connectivity index (χ1v) is 9.32. The number of aryl methyl sites for hydroxylation is 1. The molecule has 2 rings (SSSR count). The van der Waals surface area contributed by atoms with Gasteiger partial charge < -0.3 is 5.73 Å². The molecule has 1 heterocycles. The fourth-order valence-corrected chi connectivity index (χ4v) is 4.92. The van der Waals surface area contributed by atoms with Crippen LogP contribution in [0.15, 0.2) is 24.3 Å². The summed E-state index contributed by atoms with van der Waals surface area (Å²) < 4.78 is 24.2. The van der Waals surface area contributed by atoms with Crippen LogP contribution < -0.4 is 5.73 Å². The highest BCUT2D eigenvalue weighted by atomic mass is 32.2. The van der Waals surface area contributed by atoms with Crippen molar-refractivity contribution in [1.29, 1.82) is 0 Å². The maximum atomic E-state index is 12.1. The minimum absolute atomic E-state index is 0.292. The molecule has 2 N–H and O–H groups in total. The first-order valence-electron chi connectivity index (χ1n) is 7.60. The Kier molecular flexibility index (Phi) is 5.22. The molecule has 112 valence electrons. The SMILES string of the molecule is CCCCc1ccc(C(N)C2CCCCS2(=O)=O)cc1. The summed E-state index contributed by atoms with van der Waals surface area (Å²) in [6.45, 7) is 2.18. The minimum Gasteiger partial charge on any atom is -0.323 e. The maximum Gasteiger partial charge on any atom is 0.155 e. The van der Waals surface area contributed by atoms with E-state index in [1.54, 1.807) is 0 Å². The highest BCUT2D eigenvalue weighted by molar-refractivity contribution is 7.92. The molecule has 2 unspecified atom stereocenters. The van der Waals surface area contributed by atoms with Gasteiger partial charge in [0, 0.05) is 6.04 Å². The van der Waals surface area contributed by atoms with E-state index in [1.165, 1.54) is 18.4 Å². The van der Waals surface area contributed by atoms with E-state index in [0.717, 1.165) is 24.8 Å². The smallest absolute Gasteiger partial charge is 0.155 e. The summed E-state index contributed by atoms with van der Waals surface area (Å²) in [5.74, 6) is 0.292. The van der Waals surface area contributed by atoms with E-state index in [9.17, 15) is 8.42 Å². The van der Waals surface area contributed by atoms with Crippen molar-refractivity contribution in [2.75, 3.05) is 5.75 Å². The molecule has 1 aliphatic rings. The second-order valence-electron chi connectivity index (χ2n) is 5.77. The van der Waals surface area contributed by atoms with Crippen molar-refractivity contribution in [3.8, 4) is 0 Å². The van der Waals surface area contributed by atoms with E-state index in [1.807, 2.05) is 12.1 Å². The third-order valence-corrected chi connectivity index (χ3v) is 6.52. The number of nitrogens with two attached hydrogens (primary N) is 1. The van der Waals surface area contributed by atoms with Crippen molar-refractivity contribution in [3.63, 3.8) is 0 Å². The minimum atomic E-state index is -3.02. The fourth-order valence-electron chi connectivity index (χ4n) is 2.88. The van der Waals surface area contributed by atoms with Crippen molar-refractivity contribution in [2.45, 2.75) is 56.7 Å². The summed E-state index contributed by atoms with van der Waals surface area (Å²) >= 11 is 0. The summed E-state index contributed by atoms with van der Waals surface area (Å²) in [4.78, 5) is 0. The van der Waals surface area contributed by atoms with Gasteiger partial charge in [-0.25, -0.2) is 8.42 Å². The largest absolute Gasteiger partial charge is 0.323 e. The highest BCUT2D eigenvalue weighted by Crippen LogP contribution is 2.29. The lowest BCUT2D eigenvalue weighted by molar-refractivity contribution is 0.504. The zero-order valence-corrected chi connectivity index (χ0v) is 13.0. The number of rotatable bonds is 5. The number of hydrogen-bond donors (Lipinski definition) is 1. The molecule has 0 bridgehead atoms. The van der Waals surface area contributed by atoms with Crippen LogP contribution in [-0.2, 0) is 16.3 Å². The topological polar surface area (TPSA) is 60.2 Å². The number of sulfone groups is 1. The monoisotopic (exact) mass is 295 g/mol. The van der Waals surface area contributed by atoms with E-state index in [0.29, 0.717) is 12.2 Å². The zero-order chi connectivity index (χ0) is 14.6. The van der Waals surface area contributed by atoms with E-state index < -0.39 is 15.1 Å². The van der Waals surface area contributed by atoms with Crippen LogP contribution in [0.3, 0.4) is 0 Å². The molecule has 0 saturated carbocycles. The van der Waals surface area contributed by atoms with Crippen molar-refractivity contribution in [2.24, 2.45) is 5.73 Å². The molecule has 0 amide bonds. The van der Waals surface area contributed by atoms with Crippen LogP contribution in [0.1, 0.15) is 56.2 Å². The van der Waals surface area contributed by atoms with Gasteiger partial charge in [0.2, 0.25) is 0 Å². The number of benzene rings is 1. The summed E-state index contributed by atoms with van der Waals surface area (Å²) in [5, 5.41) is -0.405. The van der Waals surface area contributed by atoms with Gasteiger partial charge in [-0.1, -0.05) is 44.0 Å². The normalized spacial score (nSPS) is 23.4. The van der Waals surface area contributed by atoms with Gasteiger partial charge in [-0.15, -0.1) is 0 Å². The number of hydrogen-bond acceptors (Lipinski definition) is 3. The second kappa shape index (κ2) is 6.72. The average molecular weight is 295 g/mol. The van der Waals surface area contributed by atoms with Gasteiger partial charge in [-0.3, -0.25) is 0 Å². The number of unbranched alkanes of at least 4 members (excludes halogenated alkanes) is 1. The van der Waals surface area contributed by atoms with Gasteiger partial charge in [-0.2, -0.15) is 0 Å². The van der Waals surface area contributed by atoms with E-state index >= 15 is 0 Å². The molecule has 0 aromatic heterocycles. The first-order chi connectivity index (χ1) is 9.54. The summed E-state index contributed by atoms with van der Waals surface area (Å²) in [6, 6.07) is 7.78. The van der Waals surface area contributed by atoms with E-state index in [4.69, 9.17) is 5.73 Å². The van der Waals surface area contributed by atoms with E-state index in [2.05, 4.69) is 19.1 Å². The Morgan fingerprint density at radius 3 is 2.55 bits per heavy atom. The van der Waals surface area contributed by atoms with Gasteiger partial charge in [-0.05, 0) is 36.8 Å². The molecule has 4 heteroatoms. The van der Waals surface area contributed by atoms with Crippen LogP contribution in [0.2, 0.25) is 0 Å². The molecule has 1 saturated heterocycles. The summed E-state index contributed by atoms with van der Waals surface area (Å²) in [6.07, 6.45) is 5.88. The molecule has 1 aliphatic heterocycles. The Morgan fingerprint density at radius 2 is 1.95 bits per heavy atom. The Bertz CT molecular complexity index is 522. The summed E-state index contributed by atoms with van der Waals surface area (Å²) in [7, 11) is -3.02. The molecule has 0 aliphatic carbocycles. The van der Waals surface area contributed by atoms with E-state index in [-0.39, 0.29) is 6.04 Å². The Labute approximate surface area is 122 Å². The predicted octanol–water partition coefficient (Wildman–Crippen LogP) is 3.00. The lowest BCUT2D eigenvalue weighted by Crippen LogP contribution is -2.37. The standard InChI is InChI=1S/C16H25NO2S/c1-2-3-6-13-8-10-14(11-9-13)16(17)15-7-4-5-12-20(15,18)19/h8-11,15-16H,2-7,12,17H2,1H3. The third-order valence-electron chi connectivity index (χ3n) is 4.21. The second-order valence-corrected chi connectivity index (χ2v) is 8.11. The average Bonchev–Trinajstić information content (AvgIpc) is 2.44. The fraction of sp³-hybridized carbons (Fsp3) is 0.625. The quantitative estimate of drug-likeness (QED) is 0.908. The van der Waals surface area contributed by atoms with Crippen LogP contribution in [0.25, 0.3) is 0 Å². The molecule has 2 atom stereocenters. The highest BCUT2D eigenvalue weighted by Gasteiger charge is 2.34. The van der Waals surface area contributed by atoms with Crippen LogP contribution in [-0.4, -0.2) is 19.4 Å². The molecule has 1 aromatic rings. The molecular formula is C16H25NO2S. The van der Waals surface area contributed by atoms with Crippen LogP contribution in [0.5, 0.6) is 0 Å². The lowest BCUT2D eigenvalue weighted by Gasteiger charge is -2.27. The van der Waals surface area contributed by atoms with Crippen molar-refractivity contribution in [3.05, 3.63) is 35.4 Å². The van der Waals surface area contributed by atoms with Gasteiger partial charge in [0.1, 0.15) is 0 Å². The van der Waals surface area contributed by atoms with Crippen molar-refractivity contribution < 1.29 is 8.42 Å². The Hall–Kier alpha value is -0.870. The Morgan fingerprint density at radius 1 is 1.25 bits per heavy atom. The first kappa shape index (κ1) is 15.5. The molecular weight excluding hydrogens is 270 g/mol. The third kappa shape index (κ3) is 3.61. The van der Waals surface area contributed by atoms with Gasteiger partial charge >= 0.3 is 0 Å². The van der Waals surface area contributed by atoms with Crippen LogP contribution in [0, 0.1) is 0 Å². The molecule has 1 aromatic carbocycles. The van der Waals surface area contributed by atoms with Crippen LogP contribution >= 0.6 is 0 Å². The van der Waals surface area contributed by atoms with Crippen LogP contribution in [0.4, 0.5) is 0 Å². The molecule has 20 heavy (non-hydrogen) atoms. The van der Waals surface area contributed by atoms with Gasteiger partial charge in [0.05, 0.1) is 11.0 Å². The molecule has 0 radical (unpaired) electrons. The zero-order valence-electron chi connectivity index (χ0n) is 12.2. The van der Waals surface area contributed by atoms with Gasteiger partial charge in [0.25, 0.3) is 0 Å². The van der Waals surface area contributed by atoms with Crippen molar-refractivity contribution >= 4 is 9.84 Å². The molecule has 1 fully saturated rings. The predicted molar refractivity (Wildman–Crippen MR) is 83.4 cm³/mol. The molecule has 3 nitrogen and oxygen atoms in total. The lowest BCUT2D eigenvalue weighted by atomic mass is 9.98. The molecule has 0 spiro atoms. The Balaban J connectivity index is 2.10. The van der Waals surface area contributed by atoms with Crippen molar-refractivity contribution in [1.82, 2.24) is 0 Å². The summed E-state index contributed by atoms with van der Waals surface area (Å²) in [5.41, 5.74) is 8.46. The maximum absolute atomic E-state index is 12.1. The van der Waals surface area contributed by atoms with Gasteiger partial charge in [0.15, 0.2) is 9.84 Å².